The van der Waals surface area contributed by atoms with Crippen LogP contribution in [0.1, 0.15) is 5.56 Å². The van der Waals surface area contributed by atoms with E-state index in [1.165, 1.54) is 0 Å². The highest BCUT2D eigenvalue weighted by atomic mass is 16.3. The van der Waals surface area contributed by atoms with Gasteiger partial charge < -0.3 is 5.11 Å². The number of pyridine rings is 1. The van der Waals surface area contributed by atoms with Crippen molar-refractivity contribution < 1.29 is 5.11 Å². The Balaban J connectivity index is 2.11. The molecule has 1 aliphatic rings. The average molecular weight is 225 g/mol. The van der Waals surface area contributed by atoms with E-state index in [1.807, 2.05) is 41.4 Å². The molecule has 4 heteroatoms. The van der Waals surface area contributed by atoms with E-state index in [4.69, 9.17) is 0 Å². The van der Waals surface area contributed by atoms with Crippen molar-refractivity contribution in [3.63, 3.8) is 0 Å². The first-order chi connectivity index (χ1) is 8.36. The Labute approximate surface area is 98.8 Å². The smallest absolute Gasteiger partial charge is 0.142 e. The number of nitrogens with one attached hydrogen (secondary N) is 1. The van der Waals surface area contributed by atoms with Crippen molar-refractivity contribution in [2.24, 2.45) is 0 Å². The minimum Gasteiger partial charge on any atom is -0.506 e. The number of fused-ring (bicyclic) bond motifs is 1. The molecule has 84 valence electrons. The zero-order chi connectivity index (χ0) is 11.7. The second-order valence-electron chi connectivity index (χ2n) is 3.72. The van der Waals surface area contributed by atoms with E-state index in [0.717, 1.165) is 16.9 Å². The fraction of sp³-hybridized carbons (Fsp3) is 0. The van der Waals surface area contributed by atoms with Gasteiger partial charge in [0.1, 0.15) is 5.76 Å². The molecule has 0 spiro atoms. The zero-order valence-corrected chi connectivity index (χ0v) is 9.04. The van der Waals surface area contributed by atoms with E-state index in [-0.39, 0.29) is 5.76 Å². The Morgan fingerprint density at radius 1 is 1.12 bits per heavy atom. The highest BCUT2D eigenvalue weighted by molar-refractivity contribution is 5.79. The molecular weight excluding hydrogens is 214 g/mol. The van der Waals surface area contributed by atoms with E-state index >= 15 is 0 Å². The van der Waals surface area contributed by atoms with Crippen molar-refractivity contribution in [2.45, 2.75) is 0 Å². The molecule has 0 saturated heterocycles. The number of benzene rings is 1. The van der Waals surface area contributed by atoms with Gasteiger partial charge in [-0.15, -0.1) is 0 Å². The number of hydrogen-bond acceptors (Lipinski definition) is 4. The van der Waals surface area contributed by atoms with Crippen LogP contribution in [0.15, 0.2) is 55.0 Å². The predicted octanol–water partition coefficient (Wildman–Crippen LogP) is 2.59. The number of hydrogen-bond donors (Lipinski definition) is 2. The van der Waals surface area contributed by atoms with Crippen LogP contribution in [0.2, 0.25) is 0 Å². The third-order valence-corrected chi connectivity index (χ3v) is 2.66. The molecule has 1 aromatic carbocycles. The van der Waals surface area contributed by atoms with Crippen molar-refractivity contribution in [3.05, 3.63) is 60.6 Å². The number of hydrazine groups is 1. The maximum absolute atomic E-state index is 9.78. The van der Waals surface area contributed by atoms with Gasteiger partial charge in [0.15, 0.2) is 0 Å². The maximum Gasteiger partial charge on any atom is 0.142 e. The summed E-state index contributed by atoms with van der Waals surface area (Å²) in [6.07, 6.45) is 5.06. The zero-order valence-electron chi connectivity index (χ0n) is 9.04. The number of para-hydroxylation sites is 1. The monoisotopic (exact) mass is 225 g/mol. The highest BCUT2D eigenvalue weighted by Gasteiger charge is 2.18. The summed E-state index contributed by atoms with van der Waals surface area (Å²) >= 11 is 0. The summed E-state index contributed by atoms with van der Waals surface area (Å²) in [6, 6.07) is 11.5. The summed E-state index contributed by atoms with van der Waals surface area (Å²) in [4.78, 5) is 4.09. The van der Waals surface area contributed by atoms with Crippen molar-refractivity contribution in [2.75, 3.05) is 5.01 Å². The van der Waals surface area contributed by atoms with Gasteiger partial charge in [0.2, 0.25) is 0 Å². The first-order valence-electron chi connectivity index (χ1n) is 5.31. The topological polar surface area (TPSA) is 48.4 Å². The van der Waals surface area contributed by atoms with Crippen molar-refractivity contribution in [1.82, 2.24) is 10.4 Å². The number of anilines is 2. The molecule has 1 aromatic heterocycles. The molecule has 1 aliphatic heterocycles. The number of aromatic nitrogens is 1. The van der Waals surface area contributed by atoms with E-state index in [0.29, 0.717) is 0 Å². The Hall–Kier alpha value is -2.49. The lowest BCUT2D eigenvalue weighted by Gasteiger charge is -2.29. The standard InChI is InChI=1S/C13H11N3O/c17-13-9-15-16(10-4-3-7-14-8-10)12-6-2-1-5-11(12)13/h1-9,15,17H. The summed E-state index contributed by atoms with van der Waals surface area (Å²) < 4.78 is 0. The third-order valence-electron chi connectivity index (χ3n) is 2.66. The van der Waals surface area contributed by atoms with Crippen LogP contribution in [-0.2, 0) is 0 Å². The third kappa shape index (κ3) is 1.59. The Kier molecular flexibility index (Phi) is 2.19. The summed E-state index contributed by atoms with van der Waals surface area (Å²) in [7, 11) is 0. The van der Waals surface area contributed by atoms with E-state index in [2.05, 4.69) is 10.4 Å². The molecule has 0 fully saturated rings. The Bertz CT molecular complexity index is 566. The lowest BCUT2D eigenvalue weighted by Crippen LogP contribution is -2.33. The molecule has 0 radical (unpaired) electrons. The van der Waals surface area contributed by atoms with Gasteiger partial charge in [-0.3, -0.25) is 15.4 Å². The first kappa shape index (κ1) is 9.72. The predicted molar refractivity (Wildman–Crippen MR) is 66.6 cm³/mol. The molecule has 0 bridgehead atoms. The average Bonchev–Trinajstić information content (AvgIpc) is 2.41. The fourth-order valence-electron chi connectivity index (χ4n) is 1.86. The van der Waals surface area contributed by atoms with Gasteiger partial charge in [-0.2, -0.15) is 0 Å². The lowest BCUT2D eigenvalue weighted by atomic mass is 10.1. The largest absolute Gasteiger partial charge is 0.506 e. The van der Waals surface area contributed by atoms with Crippen molar-refractivity contribution in [1.29, 1.82) is 0 Å². The van der Waals surface area contributed by atoms with Crippen LogP contribution in [0.5, 0.6) is 0 Å². The molecule has 3 rings (SSSR count). The molecule has 0 atom stereocenters. The molecule has 2 heterocycles. The van der Waals surface area contributed by atoms with E-state index < -0.39 is 0 Å². The van der Waals surface area contributed by atoms with Gasteiger partial charge in [0.05, 0.1) is 23.8 Å². The Morgan fingerprint density at radius 3 is 2.82 bits per heavy atom. The van der Waals surface area contributed by atoms with Crippen LogP contribution in [0.3, 0.4) is 0 Å². The van der Waals surface area contributed by atoms with Gasteiger partial charge in [0.25, 0.3) is 0 Å². The molecule has 0 amide bonds. The molecule has 17 heavy (non-hydrogen) atoms. The van der Waals surface area contributed by atoms with Crippen LogP contribution >= 0.6 is 0 Å². The number of aliphatic hydroxyl groups excluding tert-OH is 1. The summed E-state index contributed by atoms with van der Waals surface area (Å²) in [6.45, 7) is 0. The Morgan fingerprint density at radius 2 is 2.00 bits per heavy atom. The number of nitrogens with zero attached hydrogens (tertiary/aromatic N) is 2. The van der Waals surface area contributed by atoms with Gasteiger partial charge in [0, 0.05) is 11.8 Å². The van der Waals surface area contributed by atoms with Crippen LogP contribution in [0, 0.1) is 0 Å². The minimum absolute atomic E-state index is 0.237. The van der Waals surface area contributed by atoms with Crippen LogP contribution in [0.25, 0.3) is 5.76 Å². The van der Waals surface area contributed by atoms with Gasteiger partial charge >= 0.3 is 0 Å². The van der Waals surface area contributed by atoms with E-state index in [1.54, 1.807) is 18.6 Å². The first-order valence-corrected chi connectivity index (χ1v) is 5.31. The summed E-state index contributed by atoms with van der Waals surface area (Å²) in [5.74, 6) is 0.237. The van der Waals surface area contributed by atoms with Crippen molar-refractivity contribution >= 4 is 17.1 Å². The molecule has 0 saturated carbocycles. The minimum atomic E-state index is 0.237. The van der Waals surface area contributed by atoms with Crippen LogP contribution in [-0.4, -0.2) is 10.1 Å². The molecule has 2 aromatic rings. The van der Waals surface area contributed by atoms with Gasteiger partial charge in [-0.05, 0) is 24.3 Å². The number of aliphatic hydroxyl groups is 1. The molecule has 2 N–H and O–H groups in total. The highest BCUT2D eigenvalue weighted by Crippen LogP contribution is 2.32. The van der Waals surface area contributed by atoms with Crippen molar-refractivity contribution in [3.8, 4) is 0 Å². The molecule has 0 unspecified atom stereocenters. The van der Waals surface area contributed by atoms with Gasteiger partial charge in [-0.1, -0.05) is 12.1 Å². The quantitative estimate of drug-likeness (QED) is 0.783. The molecule has 4 nitrogen and oxygen atoms in total. The molecular formula is C13H11N3O. The normalized spacial score (nSPS) is 13.6. The van der Waals surface area contributed by atoms with Crippen LogP contribution in [0.4, 0.5) is 11.4 Å². The summed E-state index contributed by atoms with van der Waals surface area (Å²) in [5, 5.41) is 11.7. The van der Waals surface area contributed by atoms with E-state index in [9.17, 15) is 5.11 Å². The fourth-order valence-corrected chi connectivity index (χ4v) is 1.86. The lowest BCUT2D eigenvalue weighted by molar-refractivity contribution is 0.504. The van der Waals surface area contributed by atoms with Crippen LogP contribution < -0.4 is 10.4 Å². The maximum atomic E-state index is 9.78. The second-order valence-corrected chi connectivity index (χ2v) is 3.72. The number of rotatable bonds is 1. The van der Waals surface area contributed by atoms with Gasteiger partial charge in [-0.25, -0.2) is 0 Å². The SMILES string of the molecule is OC1=CNN(c2cccnc2)c2ccccc21. The summed E-state index contributed by atoms with van der Waals surface area (Å²) in [5.41, 5.74) is 5.65. The molecule has 0 aliphatic carbocycles. The second kappa shape index (κ2) is 3.83.